The van der Waals surface area contributed by atoms with Crippen LogP contribution in [0.15, 0.2) is 18.2 Å². The van der Waals surface area contributed by atoms with E-state index in [1.54, 1.807) is 18.2 Å². The molecule has 0 aliphatic heterocycles. The molecule has 116 valence electrons. The molecule has 0 fully saturated rings. The van der Waals surface area contributed by atoms with Gasteiger partial charge in [-0.1, -0.05) is 25.4 Å². The molecular weight excluding hydrogens is 296 g/mol. The van der Waals surface area contributed by atoms with E-state index in [-0.39, 0.29) is 5.92 Å². The molecule has 21 heavy (non-hydrogen) atoms. The summed E-state index contributed by atoms with van der Waals surface area (Å²) in [5.41, 5.74) is 0.461. The number of ether oxygens (including phenoxy) is 1. The maximum absolute atomic E-state index is 11.8. The maximum Gasteiger partial charge on any atom is 0.326 e. The number of aliphatic carboxylic acids is 1. The Morgan fingerprint density at radius 3 is 2.57 bits per heavy atom. The van der Waals surface area contributed by atoms with Crippen LogP contribution in [0.5, 0.6) is 5.75 Å². The van der Waals surface area contributed by atoms with Crippen molar-refractivity contribution in [1.29, 1.82) is 0 Å². The summed E-state index contributed by atoms with van der Waals surface area (Å²) in [6, 6.07) is 3.22. The highest BCUT2D eigenvalue weighted by atomic mass is 35.5. The van der Waals surface area contributed by atoms with Crippen LogP contribution in [0.4, 0.5) is 10.5 Å². The van der Waals surface area contributed by atoms with Crippen LogP contribution in [0.3, 0.4) is 0 Å². The first kappa shape index (κ1) is 17.1. The van der Waals surface area contributed by atoms with Crippen LogP contribution in [0.1, 0.15) is 20.3 Å². The Bertz CT molecular complexity index is 520. The van der Waals surface area contributed by atoms with Crippen LogP contribution >= 0.6 is 11.6 Å². The zero-order chi connectivity index (χ0) is 16.0. The molecule has 0 aliphatic carbocycles. The van der Waals surface area contributed by atoms with Crippen molar-refractivity contribution in [3.63, 3.8) is 0 Å². The Labute approximate surface area is 128 Å². The lowest BCUT2D eigenvalue weighted by Crippen LogP contribution is -2.43. The van der Waals surface area contributed by atoms with Crippen molar-refractivity contribution in [3.05, 3.63) is 23.2 Å². The molecule has 2 amide bonds. The maximum atomic E-state index is 11.8. The summed E-state index contributed by atoms with van der Waals surface area (Å²) in [5, 5.41) is 14.5. The van der Waals surface area contributed by atoms with Crippen molar-refractivity contribution in [2.75, 3.05) is 12.4 Å². The van der Waals surface area contributed by atoms with E-state index in [9.17, 15) is 9.59 Å². The zero-order valence-corrected chi connectivity index (χ0v) is 12.9. The number of hydrogen-bond donors (Lipinski definition) is 3. The molecule has 0 radical (unpaired) electrons. The van der Waals surface area contributed by atoms with Crippen LogP contribution in [-0.4, -0.2) is 30.3 Å². The van der Waals surface area contributed by atoms with E-state index in [2.05, 4.69) is 10.6 Å². The van der Waals surface area contributed by atoms with Gasteiger partial charge >= 0.3 is 12.0 Å². The van der Waals surface area contributed by atoms with Crippen molar-refractivity contribution in [2.24, 2.45) is 5.92 Å². The topological polar surface area (TPSA) is 87.7 Å². The Morgan fingerprint density at radius 2 is 2.05 bits per heavy atom. The second-order valence-corrected chi connectivity index (χ2v) is 5.38. The molecule has 6 nitrogen and oxygen atoms in total. The SMILES string of the molecule is COc1cc(NC(=O)NC(CC(C)C)C(=O)O)ccc1Cl. The second-order valence-electron chi connectivity index (χ2n) is 4.97. The van der Waals surface area contributed by atoms with Gasteiger partial charge in [-0.3, -0.25) is 0 Å². The van der Waals surface area contributed by atoms with E-state index in [1.807, 2.05) is 13.8 Å². The number of amides is 2. The standard InChI is InChI=1S/C14H19ClN2O4/c1-8(2)6-11(13(18)19)17-14(20)16-9-4-5-10(15)12(7-9)21-3/h4-5,7-8,11H,6H2,1-3H3,(H,18,19)(H2,16,17,20). The molecule has 0 aromatic heterocycles. The number of nitrogens with one attached hydrogen (secondary N) is 2. The molecule has 0 saturated heterocycles. The predicted molar refractivity (Wildman–Crippen MR) is 81.0 cm³/mol. The number of carbonyl (C=O) groups is 2. The third-order valence-electron chi connectivity index (χ3n) is 2.72. The first-order valence-electron chi connectivity index (χ1n) is 6.47. The van der Waals surface area contributed by atoms with Crippen LogP contribution in [0.2, 0.25) is 5.02 Å². The fourth-order valence-electron chi connectivity index (χ4n) is 1.76. The van der Waals surface area contributed by atoms with Gasteiger partial charge in [0.2, 0.25) is 0 Å². The molecule has 0 spiro atoms. The van der Waals surface area contributed by atoms with Crippen LogP contribution < -0.4 is 15.4 Å². The normalized spacial score (nSPS) is 11.9. The average molecular weight is 315 g/mol. The quantitative estimate of drug-likeness (QED) is 0.753. The van der Waals surface area contributed by atoms with E-state index in [0.717, 1.165) is 0 Å². The van der Waals surface area contributed by atoms with Crippen molar-refractivity contribution < 1.29 is 19.4 Å². The fraction of sp³-hybridized carbons (Fsp3) is 0.429. The lowest BCUT2D eigenvalue weighted by molar-refractivity contribution is -0.139. The number of methoxy groups -OCH3 is 1. The number of halogens is 1. The van der Waals surface area contributed by atoms with Crippen molar-refractivity contribution >= 4 is 29.3 Å². The molecule has 7 heteroatoms. The Kier molecular flexibility index (Phi) is 6.30. The van der Waals surface area contributed by atoms with Gasteiger partial charge in [0.05, 0.1) is 12.1 Å². The number of carboxylic acids is 1. The van der Waals surface area contributed by atoms with E-state index >= 15 is 0 Å². The first-order valence-corrected chi connectivity index (χ1v) is 6.85. The number of carboxylic acid groups (broad SMARTS) is 1. The molecule has 0 aliphatic rings. The molecule has 1 rings (SSSR count). The van der Waals surface area contributed by atoms with Crippen LogP contribution in [0, 0.1) is 5.92 Å². The van der Waals surface area contributed by atoms with Crippen molar-refractivity contribution in [2.45, 2.75) is 26.3 Å². The summed E-state index contributed by atoms with van der Waals surface area (Å²) in [5.74, 6) is -0.485. The smallest absolute Gasteiger partial charge is 0.326 e. The Hall–Kier alpha value is -1.95. The van der Waals surface area contributed by atoms with E-state index in [4.69, 9.17) is 21.4 Å². The first-order chi connectivity index (χ1) is 9.83. The minimum Gasteiger partial charge on any atom is -0.495 e. The number of carbonyl (C=O) groups excluding carboxylic acids is 1. The number of urea groups is 1. The number of hydrogen-bond acceptors (Lipinski definition) is 3. The molecule has 0 bridgehead atoms. The largest absolute Gasteiger partial charge is 0.495 e. The highest BCUT2D eigenvalue weighted by molar-refractivity contribution is 6.32. The average Bonchev–Trinajstić information content (AvgIpc) is 2.39. The summed E-state index contributed by atoms with van der Waals surface area (Å²) in [4.78, 5) is 22.9. The minimum absolute atomic E-state index is 0.155. The highest BCUT2D eigenvalue weighted by Gasteiger charge is 2.21. The zero-order valence-electron chi connectivity index (χ0n) is 12.1. The van der Waals surface area contributed by atoms with Crippen LogP contribution in [0.25, 0.3) is 0 Å². The van der Waals surface area contributed by atoms with Gasteiger partial charge < -0.3 is 20.5 Å². The predicted octanol–water partition coefficient (Wildman–Crippen LogP) is 2.97. The molecule has 0 saturated carbocycles. The molecule has 3 N–H and O–H groups in total. The molecule has 1 atom stereocenters. The summed E-state index contributed by atoms with van der Waals surface area (Å²) in [6.07, 6.45) is 0.354. The Balaban J connectivity index is 2.69. The fourth-order valence-corrected chi connectivity index (χ4v) is 1.95. The van der Waals surface area contributed by atoms with Gasteiger partial charge in [-0.25, -0.2) is 9.59 Å². The summed E-state index contributed by atoms with van der Waals surface area (Å²) < 4.78 is 5.04. The third-order valence-corrected chi connectivity index (χ3v) is 3.03. The van der Waals surface area contributed by atoms with Gasteiger partial charge in [0.25, 0.3) is 0 Å². The van der Waals surface area contributed by atoms with Gasteiger partial charge in [-0.05, 0) is 24.5 Å². The summed E-state index contributed by atoms with van der Waals surface area (Å²) >= 11 is 5.89. The number of anilines is 1. The van der Waals surface area contributed by atoms with Crippen molar-refractivity contribution in [3.8, 4) is 5.75 Å². The van der Waals surface area contributed by atoms with Gasteiger partial charge in [0.1, 0.15) is 11.8 Å². The lowest BCUT2D eigenvalue weighted by Gasteiger charge is -2.17. The molecule has 1 unspecified atom stereocenters. The summed E-state index contributed by atoms with van der Waals surface area (Å²) in [7, 11) is 1.47. The highest BCUT2D eigenvalue weighted by Crippen LogP contribution is 2.27. The van der Waals surface area contributed by atoms with Crippen LogP contribution in [-0.2, 0) is 4.79 Å². The number of rotatable bonds is 6. The van der Waals surface area contributed by atoms with Gasteiger partial charge in [0.15, 0.2) is 0 Å². The second kappa shape index (κ2) is 7.73. The van der Waals surface area contributed by atoms with E-state index < -0.39 is 18.0 Å². The minimum atomic E-state index is -1.06. The summed E-state index contributed by atoms with van der Waals surface area (Å²) in [6.45, 7) is 3.78. The monoisotopic (exact) mass is 314 g/mol. The van der Waals surface area contributed by atoms with E-state index in [0.29, 0.717) is 22.9 Å². The molecule has 0 heterocycles. The lowest BCUT2D eigenvalue weighted by atomic mass is 10.0. The third kappa shape index (κ3) is 5.51. The molecular formula is C14H19ClN2O4. The van der Waals surface area contributed by atoms with Gasteiger partial charge in [-0.2, -0.15) is 0 Å². The van der Waals surface area contributed by atoms with Gasteiger partial charge in [-0.15, -0.1) is 0 Å². The molecule has 1 aromatic rings. The number of benzene rings is 1. The Morgan fingerprint density at radius 1 is 1.38 bits per heavy atom. The van der Waals surface area contributed by atoms with Gasteiger partial charge in [0, 0.05) is 11.8 Å². The van der Waals surface area contributed by atoms with Crippen molar-refractivity contribution in [1.82, 2.24) is 5.32 Å². The molecule has 1 aromatic carbocycles. The van der Waals surface area contributed by atoms with E-state index in [1.165, 1.54) is 7.11 Å².